The number of nitrogens with zero attached hydrogens (tertiary/aromatic N) is 2. The summed E-state index contributed by atoms with van der Waals surface area (Å²) in [6, 6.07) is 1.68. The minimum Gasteiger partial charge on any atom is -0.398 e. The highest BCUT2D eigenvalue weighted by Crippen LogP contribution is 2.38. The normalized spacial score (nSPS) is 27.2. The number of hydrogen-bond acceptors (Lipinski definition) is 3. The summed E-state index contributed by atoms with van der Waals surface area (Å²) in [5.41, 5.74) is 6.90. The molecule has 1 aliphatic heterocycles. The van der Waals surface area contributed by atoms with Crippen molar-refractivity contribution in [1.29, 1.82) is 0 Å². The van der Waals surface area contributed by atoms with Crippen LogP contribution in [0.3, 0.4) is 0 Å². The van der Waals surface area contributed by atoms with Gasteiger partial charge < -0.3 is 10.6 Å². The van der Waals surface area contributed by atoms with E-state index in [1.54, 1.807) is 18.5 Å². The second kappa shape index (κ2) is 4.02. The molecule has 4 nitrogen and oxygen atoms in total. The summed E-state index contributed by atoms with van der Waals surface area (Å²) in [6.07, 6.45) is 7.07. The fourth-order valence-corrected chi connectivity index (χ4v) is 3.16. The fraction of sp³-hybridized carbons (Fsp3) is 0.538. The highest BCUT2D eigenvalue weighted by atomic mass is 16.2. The molecule has 4 heteroatoms. The average molecular weight is 231 g/mol. The molecule has 2 fully saturated rings. The maximum atomic E-state index is 12.3. The zero-order valence-corrected chi connectivity index (χ0v) is 9.80. The topological polar surface area (TPSA) is 59.2 Å². The van der Waals surface area contributed by atoms with Crippen molar-refractivity contribution in [3.05, 3.63) is 24.0 Å². The molecule has 2 heterocycles. The smallest absolute Gasteiger partial charge is 0.257 e. The summed E-state index contributed by atoms with van der Waals surface area (Å²) in [7, 11) is 0. The number of fused-ring (bicyclic) bond motifs is 1. The Hall–Kier alpha value is -1.58. The van der Waals surface area contributed by atoms with E-state index in [0.717, 1.165) is 24.9 Å². The molecular weight excluding hydrogens is 214 g/mol. The van der Waals surface area contributed by atoms with Crippen molar-refractivity contribution in [3.63, 3.8) is 0 Å². The number of rotatable bonds is 1. The molecule has 0 aromatic carbocycles. The summed E-state index contributed by atoms with van der Waals surface area (Å²) >= 11 is 0. The molecule has 1 saturated heterocycles. The van der Waals surface area contributed by atoms with Crippen LogP contribution in [0.1, 0.15) is 29.6 Å². The standard InChI is InChI=1S/C13H17N3O/c14-12-4-5-15-6-11(12)13(17)16-7-9-2-1-3-10(9)8-16/h4-6,9-10H,1-3,7-8H2,(H2,14,15). The van der Waals surface area contributed by atoms with E-state index in [4.69, 9.17) is 5.73 Å². The van der Waals surface area contributed by atoms with Crippen molar-refractivity contribution in [3.8, 4) is 0 Å². The van der Waals surface area contributed by atoms with Crippen molar-refractivity contribution in [2.75, 3.05) is 18.8 Å². The lowest BCUT2D eigenvalue weighted by molar-refractivity contribution is 0.0781. The lowest BCUT2D eigenvalue weighted by atomic mass is 10.0. The lowest BCUT2D eigenvalue weighted by Crippen LogP contribution is -2.30. The van der Waals surface area contributed by atoms with E-state index >= 15 is 0 Å². The zero-order chi connectivity index (χ0) is 11.8. The molecule has 0 radical (unpaired) electrons. The van der Waals surface area contributed by atoms with Crippen molar-refractivity contribution >= 4 is 11.6 Å². The molecule has 1 amide bonds. The van der Waals surface area contributed by atoms with E-state index < -0.39 is 0 Å². The minimum absolute atomic E-state index is 0.0463. The summed E-state index contributed by atoms with van der Waals surface area (Å²) in [4.78, 5) is 18.2. The van der Waals surface area contributed by atoms with Gasteiger partial charge in [0, 0.05) is 31.2 Å². The Morgan fingerprint density at radius 1 is 1.35 bits per heavy atom. The van der Waals surface area contributed by atoms with Crippen molar-refractivity contribution in [2.24, 2.45) is 11.8 Å². The first-order valence-corrected chi connectivity index (χ1v) is 6.24. The molecule has 0 bridgehead atoms. The third-order valence-corrected chi connectivity index (χ3v) is 4.10. The molecule has 3 rings (SSSR count). The number of pyridine rings is 1. The van der Waals surface area contributed by atoms with Crippen LogP contribution < -0.4 is 5.73 Å². The van der Waals surface area contributed by atoms with E-state index in [2.05, 4.69) is 4.98 Å². The van der Waals surface area contributed by atoms with Gasteiger partial charge in [-0.05, 0) is 30.7 Å². The number of anilines is 1. The number of aromatic nitrogens is 1. The Balaban J connectivity index is 1.78. The van der Waals surface area contributed by atoms with E-state index in [-0.39, 0.29) is 5.91 Å². The van der Waals surface area contributed by atoms with Gasteiger partial charge in [-0.15, -0.1) is 0 Å². The number of nitrogen functional groups attached to an aromatic ring is 1. The number of hydrogen-bond donors (Lipinski definition) is 1. The van der Waals surface area contributed by atoms with E-state index in [1.165, 1.54) is 19.3 Å². The molecular formula is C13H17N3O. The van der Waals surface area contributed by atoms with Gasteiger partial charge in [0.25, 0.3) is 5.91 Å². The second-order valence-corrected chi connectivity index (χ2v) is 5.12. The Morgan fingerprint density at radius 2 is 2.06 bits per heavy atom. The van der Waals surface area contributed by atoms with Gasteiger partial charge in [-0.1, -0.05) is 6.42 Å². The van der Waals surface area contributed by atoms with Gasteiger partial charge in [-0.2, -0.15) is 0 Å². The summed E-state index contributed by atoms with van der Waals surface area (Å²) in [5.74, 6) is 1.48. The van der Waals surface area contributed by atoms with Gasteiger partial charge in [0.05, 0.1) is 5.56 Å². The molecule has 90 valence electrons. The Kier molecular flexibility index (Phi) is 2.50. The Bertz CT molecular complexity index is 434. The van der Waals surface area contributed by atoms with Crippen molar-refractivity contribution < 1.29 is 4.79 Å². The van der Waals surface area contributed by atoms with Gasteiger partial charge >= 0.3 is 0 Å². The molecule has 1 saturated carbocycles. The highest BCUT2D eigenvalue weighted by molar-refractivity contribution is 5.98. The third kappa shape index (κ3) is 1.77. The molecule has 1 aromatic heterocycles. The predicted octanol–water partition coefficient (Wildman–Crippen LogP) is 1.54. The monoisotopic (exact) mass is 231 g/mol. The van der Waals surface area contributed by atoms with E-state index in [9.17, 15) is 4.79 Å². The van der Waals surface area contributed by atoms with Gasteiger partial charge in [-0.3, -0.25) is 9.78 Å². The van der Waals surface area contributed by atoms with Crippen molar-refractivity contribution in [2.45, 2.75) is 19.3 Å². The quantitative estimate of drug-likeness (QED) is 0.797. The molecule has 17 heavy (non-hydrogen) atoms. The van der Waals surface area contributed by atoms with Gasteiger partial charge in [0.2, 0.25) is 0 Å². The van der Waals surface area contributed by atoms with Gasteiger partial charge in [0.15, 0.2) is 0 Å². The molecule has 2 unspecified atom stereocenters. The highest BCUT2D eigenvalue weighted by Gasteiger charge is 2.38. The first kappa shape index (κ1) is 10.6. The van der Waals surface area contributed by atoms with E-state index in [0.29, 0.717) is 11.3 Å². The van der Waals surface area contributed by atoms with Crippen LogP contribution in [-0.2, 0) is 0 Å². The van der Waals surface area contributed by atoms with E-state index in [1.807, 2.05) is 4.90 Å². The number of likely N-dealkylation sites (tertiary alicyclic amines) is 1. The molecule has 2 aliphatic rings. The maximum Gasteiger partial charge on any atom is 0.257 e. The van der Waals surface area contributed by atoms with Crippen LogP contribution in [0, 0.1) is 11.8 Å². The molecule has 1 aliphatic carbocycles. The first-order valence-electron chi connectivity index (χ1n) is 6.24. The maximum absolute atomic E-state index is 12.3. The van der Waals surface area contributed by atoms with Crippen LogP contribution in [0.4, 0.5) is 5.69 Å². The Morgan fingerprint density at radius 3 is 2.71 bits per heavy atom. The van der Waals surface area contributed by atoms with Crippen LogP contribution in [0.25, 0.3) is 0 Å². The fourth-order valence-electron chi connectivity index (χ4n) is 3.16. The van der Waals surface area contributed by atoms with Gasteiger partial charge in [0.1, 0.15) is 0 Å². The third-order valence-electron chi connectivity index (χ3n) is 4.10. The lowest BCUT2D eigenvalue weighted by Gasteiger charge is -2.17. The van der Waals surface area contributed by atoms with Crippen LogP contribution in [-0.4, -0.2) is 28.9 Å². The zero-order valence-electron chi connectivity index (χ0n) is 9.80. The van der Waals surface area contributed by atoms with Crippen LogP contribution >= 0.6 is 0 Å². The van der Waals surface area contributed by atoms with Gasteiger partial charge in [-0.25, -0.2) is 0 Å². The number of nitrogens with two attached hydrogens (primary N) is 1. The van der Waals surface area contributed by atoms with Crippen molar-refractivity contribution in [1.82, 2.24) is 9.88 Å². The molecule has 0 spiro atoms. The molecule has 2 N–H and O–H groups in total. The largest absolute Gasteiger partial charge is 0.398 e. The summed E-state index contributed by atoms with van der Waals surface area (Å²) in [5, 5.41) is 0. The Labute approximate surface area is 101 Å². The predicted molar refractivity (Wildman–Crippen MR) is 65.4 cm³/mol. The average Bonchev–Trinajstić information content (AvgIpc) is 2.88. The SMILES string of the molecule is Nc1ccncc1C(=O)N1CC2CCCC2C1. The number of carbonyl (C=O) groups excluding carboxylic acids is 1. The van der Waals surface area contributed by atoms with Crippen LogP contribution in [0.2, 0.25) is 0 Å². The number of carbonyl (C=O) groups is 1. The second-order valence-electron chi connectivity index (χ2n) is 5.12. The minimum atomic E-state index is 0.0463. The van der Waals surface area contributed by atoms with Crippen LogP contribution in [0.5, 0.6) is 0 Å². The first-order chi connectivity index (χ1) is 8.25. The summed E-state index contributed by atoms with van der Waals surface area (Å²) < 4.78 is 0. The molecule has 2 atom stereocenters. The number of amides is 1. The molecule has 1 aromatic rings. The van der Waals surface area contributed by atoms with Crippen LogP contribution in [0.15, 0.2) is 18.5 Å². The summed E-state index contributed by atoms with van der Waals surface area (Å²) in [6.45, 7) is 1.80.